The largest absolute Gasteiger partial charge is 0.252 e. The van der Waals surface area contributed by atoms with Crippen LogP contribution in [0.4, 0.5) is 13.2 Å². The van der Waals surface area contributed by atoms with Gasteiger partial charge in [0, 0.05) is 9.52 Å². The third-order valence-corrected chi connectivity index (χ3v) is 8.78. The Hall–Kier alpha value is 0.224. The molecule has 0 aromatic heterocycles. The van der Waals surface area contributed by atoms with Crippen LogP contribution in [0.15, 0.2) is 0 Å². The summed E-state index contributed by atoms with van der Waals surface area (Å²) in [6.07, 6.45) is -1.32. The average molecular weight is 270 g/mol. The van der Waals surface area contributed by atoms with E-state index < -0.39 is 30.5 Å². The van der Waals surface area contributed by atoms with Crippen molar-refractivity contribution >= 4 is 18.3 Å². The molecule has 0 radical (unpaired) electrons. The van der Waals surface area contributed by atoms with Gasteiger partial charge in [-0.2, -0.15) is 0 Å². The van der Waals surface area contributed by atoms with Crippen molar-refractivity contribution < 1.29 is 13.2 Å². The Morgan fingerprint density at radius 1 is 1.12 bits per heavy atom. The highest BCUT2D eigenvalue weighted by molar-refractivity contribution is 6.60. The number of halogens is 3. The summed E-state index contributed by atoms with van der Waals surface area (Å²) in [5, 5.41) is 0. The Morgan fingerprint density at radius 3 is 2.12 bits per heavy atom. The molecule has 0 N–H and O–H groups in total. The molecule has 0 nitrogen and oxygen atoms in total. The van der Waals surface area contributed by atoms with Crippen molar-refractivity contribution in [3.63, 3.8) is 0 Å². The molecule has 0 saturated carbocycles. The fourth-order valence-electron chi connectivity index (χ4n) is 2.13. The monoisotopic (exact) mass is 270 g/mol. The summed E-state index contributed by atoms with van der Waals surface area (Å²) < 4.78 is 37.8. The molecule has 0 aromatic rings. The molecule has 0 bridgehead atoms. The first-order chi connectivity index (χ1) is 7.52. The summed E-state index contributed by atoms with van der Waals surface area (Å²) in [6, 6.07) is 3.00. The van der Waals surface area contributed by atoms with Crippen molar-refractivity contribution in [2.75, 3.05) is 0 Å². The van der Waals surface area contributed by atoms with Gasteiger partial charge in [-0.05, 0) is 12.0 Å². The Morgan fingerprint density at radius 2 is 1.69 bits per heavy atom. The maximum atomic E-state index is 14.0. The molecule has 0 fully saturated rings. The number of hydrogen-bond acceptors (Lipinski definition) is 0. The van der Waals surface area contributed by atoms with Gasteiger partial charge < -0.3 is 0 Å². The van der Waals surface area contributed by atoms with E-state index in [-0.39, 0.29) is 12.0 Å². The van der Waals surface area contributed by atoms with Crippen molar-refractivity contribution in [2.45, 2.75) is 63.6 Å². The summed E-state index contributed by atoms with van der Waals surface area (Å²) in [4.78, 5) is 0. The fourth-order valence-corrected chi connectivity index (χ4v) is 6.26. The molecule has 0 aromatic carbocycles. The van der Waals surface area contributed by atoms with E-state index in [0.29, 0.717) is 0 Å². The van der Waals surface area contributed by atoms with Crippen LogP contribution in [0, 0.1) is 5.92 Å². The molecule has 98 valence electrons. The highest BCUT2D eigenvalue weighted by Crippen LogP contribution is 2.21. The molecule has 0 aliphatic heterocycles. The predicted molar refractivity (Wildman–Crippen MR) is 71.0 cm³/mol. The average Bonchev–Trinajstić information content (AvgIpc) is 2.25. The maximum Gasteiger partial charge on any atom is 0.235 e. The molecule has 0 rings (SSSR count). The second-order valence-electron chi connectivity index (χ2n) is 4.67. The first-order valence-electron chi connectivity index (χ1n) is 6.45. The molecule has 0 spiro atoms. The molecular formula is C11H25F3Si2. The van der Waals surface area contributed by atoms with Crippen molar-refractivity contribution in [3.05, 3.63) is 0 Å². The molecule has 0 heterocycles. The minimum atomic E-state index is -2.14. The maximum absolute atomic E-state index is 14.0. The first-order valence-corrected chi connectivity index (χ1v) is 10.7. The predicted octanol–water partition coefficient (Wildman–Crippen LogP) is 3.43. The van der Waals surface area contributed by atoms with Crippen molar-refractivity contribution in [2.24, 2.45) is 5.92 Å². The minimum Gasteiger partial charge on any atom is -0.252 e. The highest BCUT2D eigenvalue weighted by atomic mass is 28.3. The lowest BCUT2D eigenvalue weighted by atomic mass is 10.1. The van der Waals surface area contributed by atoms with Crippen LogP contribution in [0.2, 0.25) is 24.2 Å². The molecule has 0 aliphatic rings. The third kappa shape index (κ3) is 6.73. The van der Waals surface area contributed by atoms with Gasteiger partial charge in [-0.15, -0.1) is 0 Å². The Bertz CT molecular complexity index is 163. The van der Waals surface area contributed by atoms with Gasteiger partial charge in [0.1, 0.15) is 0 Å². The Balaban J connectivity index is 3.73. The second-order valence-corrected chi connectivity index (χ2v) is 10.5. The fraction of sp³-hybridized carbons (Fsp3) is 1.00. The molecular weight excluding hydrogens is 245 g/mol. The van der Waals surface area contributed by atoms with E-state index in [1.165, 1.54) is 0 Å². The number of rotatable bonds is 9. The summed E-state index contributed by atoms with van der Waals surface area (Å²) in [5.74, 6) is -0.516. The van der Waals surface area contributed by atoms with Gasteiger partial charge in [-0.1, -0.05) is 45.3 Å². The van der Waals surface area contributed by atoms with Gasteiger partial charge >= 0.3 is 0 Å². The van der Waals surface area contributed by atoms with Gasteiger partial charge in [-0.25, -0.2) is 8.78 Å². The zero-order valence-corrected chi connectivity index (χ0v) is 13.3. The van der Waals surface area contributed by atoms with Crippen LogP contribution in [0.1, 0.15) is 27.2 Å². The normalized spacial score (nSPS) is 16.5. The van der Waals surface area contributed by atoms with E-state index in [2.05, 4.69) is 13.8 Å². The van der Waals surface area contributed by atoms with Gasteiger partial charge in [0.15, 0.2) is 0 Å². The smallest absolute Gasteiger partial charge is 0.235 e. The zero-order valence-electron chi connectivity index (χ0n) is 10.7. The zero-order chi connectivity index (χ0) is 12.6. The van der Waals surface area contributed by atoms with Crippen LogP contribution in [-0.4, -0.2) is 30.5 Å². The number of hydrogen-bond donors (Lipinski definition) is 0. The Kier molecular flexibility index (Phi) is 9.40. The van der Waals surface area contributed by atoms with Crippen molar-refractivity contribution in [1.29, 1.82) is 0 Å². The van der Waals surface area contributed by atoms with E-state index in [1.54, 1.807) is 0 Å². The molecule has 0 saturated heterocycles. The molecule has 2 unspecified atom stereocenters. The lowest BCUT2D eigenvalue weighted by molar-refractivity contribution is 0.171. The third-order valence-electron chi connectivity index (χ3n) is 3.37. The van der Waals surface area contributed by atoms with E-state index >= 15 is 0 Å². The van der Waals surface area contributed by atoms with Gasteiger partial charge in [0.2, 0.25) is 6.43 Å². The van der Waals surface area contributed by atoms with Crippen molar-refractivity contribution in [1.82, 2.24) is 0 Å². The molecule has 0 amide bonds. The lowest BCUT2D eigenvalue weighted by Gasteiger charge is -2.22. The van der Waals surface area contributed by atoms with E-state index in [0.717, 1.165) is 24.6 Å². The van der Waals surface area contributed by atoms with Crippen molar-refractivity contribution in [3.8, 4) is 0 Å². The standard InChI is InChI=1S/C11H25F3Si2/c1-4-16(5-2)11(14)9(3)6-7-15-8-10(12)13/h9-11,16H,4-8,15H2,1-3H3. The summed E-state index contributed by atoms with van der Waals surface area (Å²) in [7, 11) is -1.86. The summed E-state index contributed by atoms with van der Waals surface area (Å²) >= 11 is 0. The van der Waals surface area contributed by atoms with Crippen LogP contribution in [0.5, 0.6) is 0 Å². The minimum absolute atomic E-state index is 0.0988. The summed E-state index contributed by atoms with van der Waals surface area (Å²) in [5.41, 5.74) is 0. The molecule has 0 aliphatic carbocycles. The Labute approximate surface area is 101 Å². The topological polar surface area (TPSA) is 0 Å². The van der Waals surface area contributed by atoms with E-state index in [9.17, 15) is 13.2 Å². The number of alkyl halides is 3. The van der Waals surface area contributed by atoms with Gasteiger partial charge in [0.05, 0.1) is 14.6 Å². The van der Waals surface area contributed by atoms with Gasteiger partial charge in [0.25, 0.3) is 0 Å². The SMILES string of the molecule is CC[SiH](CC)C(F)C(C)CC[SiH2]CC(F)F. The highest BCUT2D eigenvalue weighted by Gasteiger charge is 2.24. The molecule has 5 heteroatoms. The van der Waals surface area contributed by atoms with Crippen LogP contribution in [0.3, 0.4) is 0 Å². The van der Waals surface area contributed by atoms with Gasteiger partial charge in [-0.3, -0.25) is 4.39 Å². The van der Waals surface area contributed by atoms with Crippen LogP contribution in [0.25, 0.3) is 0 Å². The van der Waals surface area contributed by atoms with E-state index in [4.69, 9.17) is 0 Å². The molecule has 2 atom stereocenters. The molecule has 16 heavy (non-hydrogen) atoms. The second kappa shape index (κ2) is 9.27. The quantitative estimate of drug-likeness (QED) is 0.445. The lowest BCUT2D eigenvalue weighted by Crippen LogP contribution is -2.31. The van der Waals surface area contributed by atoms with Crippen LogP contribution < -0.4 is 0 Å². The first kappa shape index (κ1) is 16.2. The van der Waals surface area contributed by atoms with Crippen LogP contribution in [-0.2, 0) is 0 Å². The van der Waals surface area contributed by atoms with E-state index in [1.807, 2.05) is 6.92 Å². The summed E-state index contributed by atoms with van der Waals surface area (Å²) in [6.45, 7) is 6.10. The van der Waals surface area contributed by atoms with Crippen LogP contribution >= 0.6 is 0 Å².